The van der Waals surface area contributed by atoms with E-state index in [4.69, 9.17) is 17.7 Å². The van der Waals surface area contributed by atoms with Gasteiger partial charge in [0.15, 0.2) is 0 Å². The van der Waals surface area contributed by atoms with Crippen molar-refractivity contribution in [1.82, 2.24) is 0 Å². The molecule has 0 N–H and O–H groups in total. The van der Waals surface area contributed by atoms with Crippen molar-refractivity contribution in [3.63, 3.8) is 0 Å². The van der Waals surface area contributed by atoms with E-state index in [1.165, 1.54) is 0 Å². The van der Waals surface area contributed by atoms with Gasteiger partial charge in [-0.1, -0.05) is 6.92 Å². The molecule has 0 unspecified atom stereocenters. The zero-order valence-corrected chi connectivity index (χ0v) is 16.3. The second kappa shape index (κ2) is 10.9. The van der Waals surface area contributed by atoms with Crippen molar-refractivity contribution in [3.05, 3.63) is 0 Å². The molecule has 0 aliphatic rings. The predicted molar refractivity (Wildman–Crippen MR) is 88.6 cm³/mol. The topological polar surface area (TPSA) is 36.9 Å². The van der Waals surface area contributed by atoms with Gasteiger partial charge < -0.3 is 17.7 Å². The minimum Gasteiger partial charge on any atom is -0.395 e. The van der Waals surface area contributed by atoms with Crippen molar-refractivity contribution >= 4 is 17.1 Å². The molecule has 0 saturated carbocycles. The first-order chi connectivity index (χ1) is 9.51. The van der Waals surface area contributed by atoms with Gasteiger partial charge in [-0.3, -0.25) is 0 Å². The van der Waals surface area contributed by atoms with Gasteiger partial charge in [0.25, 0.3) is 0 Å². The van der Waals surface area contributed by atoms with Crippen LogP contribution in [0, 0.1) is 0 Å². The summed E-state index contributed by atoms with van der Waals surface area (Å²) in [5.41, 5.74) is 0. The predicted octanol–water partition coefficient (Wildman–Crippen LogP) is 4.06. The van der Waals surface area contributed by atoms with Crippen molar-refractivity contribution in [2.75, 3.05) is 26.4 Å². The standard InChI is InChI=1S/C14H34O4Si2/c1-7-15-19(6,16-8-2)13-12-14-20(11-5,17-9-3)18-10-4/h7-14H2,1-6H3. The lowest BCUT2D eigenvalue weighted by Crippen LogP contribution is -2.43. The zero-order valence-electron chi connectivity index (χ0n) is 14.3. The van der Waals surface area contributed by atoms with E-state index in [1.807, 2.05) is 13.8 Å². The van der Waals surface area contributed by atoms with Crippen molar-refractivity contribution in [1.29, 1.82) is 0 Å². The summed E-state index contributed by atoms with van der Waals surface area (Å²) >= 11 is 0. The summed E-state index contributed by atoms with van der Waals surface area (Å²) in [7, 11) is -4.00. The molecule has 0 spiro atoms. The van der Waals surface area contributed by atoms with E-state index in [0.29, 0.717) is 0 Å². The zero-order chi connectivity index (χ0) is 15.5. The summed E-state index contributed by atoms with van der Waals surface area (Å²) in [4.78, 5) is 0. The van der Waals surface area contributed by atoms with Crippen molar-refractivity contribution in [2.45, 2.75) is 65.7 Å². The molecule has 0 heterocycles. The average molecular weight is 323 g/mol. The van der Waals surface area contributed by atoms with E-state index >= 15 is 0 Å². The van der Waals surface area contributed by atoms with Crippen LogP contribution in [0.15, 0.2) is 0 Å². The number of rotatable bonds is 13. The van der Waals surface area contributed by atoms with Crippen LogP contribution in [-0.4, -0.2) is 43.5 Å². The van der Waals surface area contributed by atoms with E-state index in [-0.39, 0.29) is 0 Å². The maximum absolute atomic E-state index is 6.00. The molecule has 0 radical (unpaired) electrons. The van der Waals surface area contributed by atoms with Crippen molar-refractivity contribution in [2.24, 2.45) is 0 Å². The summed E-state index contributed by atoms with van der Waals surface area (Å²) in [5.74, 6) is 0. The van der Waals surface area contributed by atoms with Crippen LogP contribution in [0.1, 0.15) is 41.0 Å². The van der Waals surface area contributed by atoms with Gasteiger partial charge in [0.2, 0.25) is 0 Å². The highest BCUT2D eigenvalue weighted by molar-refractivity contribution is 6.68. The molecule has 20 heavy (non-hydrogen) atoms. The van der Waals surface area contributed by atoms with Crippen LogP contribution in [0.3, 0.4) is 0 Å². The van der Waals surface area contributed by atoms with Crippen LogP contribution in [0.5, 0.6) is 0 Å². The normalized spacial score (nSPS) is 12.9. The Balaban J connectivity index is 4.45. The third kappa shape index (κ3) is 7.33. The molecule has 0 atom stereocenters. The highest BCUT2D eigenvalue weighted by atomic mass is 28.4. The van der Waals surface area contributed by atoms with Crippen LogP contribution in [0.4, 0.5) is 0 Å². The number of hydrogen-bond donors (Lipinski definition) is 0. The smallest absolute Gasteiger partial charge is 0.337 e. The number of hydrogen-bond acceptors (Lipinski definition) is 4. The average Bonchev–Trinajstić information content (AvgIpc) is 2.39. The van der Waals surface area contributed by atoms with Gasteiger partial charge in [-0.2, -0.15) is 0 Å². The van der Waals surface area contributed by atoms with Crippen LogP contribution in [0.2, 0.25) is 24.7 Å². The van der Waals surface area contributed by atoms with Crippen molar-refractivity contribution < 1.29 is 17.7 Å². The Morgan fingerprint density at radius 3 is 1.45 bits per heavy atom. The molecular formula is C14H34O4Si2. The monoisotopic (exact) mass is 322 g/mol. The van der Waals surface area contributed by atoms with E-state index in [9.17, 15) is 0 Å². The van der Waals surface area contributed by atoms with E-state index in [0.717, 1.165) is 51.0 Å². The molecule has 4 nitrogen and oxygen atoms in total. The SMILES string of the molecule is CCO[Si](C)(CCC[Si](CC)(OCC)OCC)OCC. The van der Waals surface area contributed by atoms with Crippen LogP contribution < -0.4 is 0 Å². The minimum atomic E-state index is -2.00. The molecule has 122 valence electrons. The lowest BCUT2D eigenvalue weighted by Gasteiger charge is -2.31. The molecule has 0 saturated heterocycles. The summed E-state index contributed by atoms with van der Waals surface area (Å²) in [5, 5.41) is 0. The molecule has 6 heteroatoms. The molecule has 0 fully saturated rings. The fourth-order valence-corrected chi connectivity index (χ4v) is 8.24. The van der Waals surface area contributed by atoms with Gasteiger partial charge in [-0.15, -0.1) is 0 Å². The summed E-state index contributed by atoms with van der Waals surface area (Å²) < 4.78 is 23.8. The molecule has 0 aromatic carbocycles. The Morgan fingerprint density at radius 2 is 1.10 bits per heavy atom. The largest absolute Gasteiger partial charge is 0.395 e. The van der Waals surface area contributed by atoms with Gasteiger partial charge in [-0.05, 0) is 58.8 Å². The molecule has 0 amide bonds. The molecule has 0 rings (SSSR count). The van der Waals surface area contributed by atoms with Gasteiger partial charge in [-0.25, -0.2) is 0 Å². The highest BCUT2D eigenvalue weighted by Crippen LogP contribution is 2.25. The first-order valence-corrected chi connectivity index (χ1v) is 12.8. The second-order valence-corrected chi connectivity index (χ2v) is 11.9. The van der Waals surface area contributed by atoms with Gasteiger partial charge >= 0.3 is 17.1 Å². The third-order valence-corrected chi connectivity index (χ3v) is 10.3. The van der Waals surface area contributed by atoms with E-state index in [1.54, 1.807) is 0 Å². The fourth-order valence-electron chi connectivity index (χ4n) is 2.57. The van der Waals surface area contributed by atoms with Crippen LogP contribution in [-0.2, 0) is 17.7 Å². The molecule has 0 bridgehead atoms. The molecule has 0 aromatic heterocycles. The Bertz CT molecular complexity index is 227. The Labute approximate surface area is 127 Å². The van der Waals surface area contributed by atoms with Gasteiger partial charge in [0.1, 0.15) is 0 Å². The van der Waals surface area contributed by atoms with Gasteiger partial charge in [0.05, 0.1) is 0 Å². The van der Waals surface area contributed by atoms with E-state index < -0.39 is 17.1 Å². The quantitative estimate of drug-likeness (QED) is 0.479. The Morgan fingerprint density at radius 1 is 0.650 bits per heavy atom. The molecule has 0 aliphatic carbocycles. The minimum absolute atomic E-state index is 0.732. The lowest BCUT2D eigenvalue weighted by atomic mass is 10.6. The van der Waals surface area contributed by atoms with Crippen molar-refractivity contribution in [3.8, 4) is 0 Å². The molecule has 0 aliphatic heterocycles. The second-order valence-electron chi connectivity index (χ2n) is 4.98. The van der Waals surface area contributed by atoms with E-state index in [2.05, 4.69) is 27.3 Å². The van der Waals surface area contributed by atoms with Gasteiger partial charge in [0, 0.05) is 26.4 Å². The molecular weight excluding hydrogens is 288 g/mol. The summed E-state index contributed by atoms with van der Waals surface area (Å²) in [6.07, 6.45) is 1.07. The summed E-state index contributed by atoms with van der Waals surface area (Å²) in [6, 6.07) is 3.06. The van der Waals surface area contributed by atoms with Crippen LogP contribution in [0.25, 0.3) is 0 Å². The maximum Gasteiger partial charge on any atom is 0.337 e. The van der Waals surface area contributed by atoms with Crippen LogP contribution >= 0.6 is 0 Å². The Hall–Kier alpha value is 0.274. The third-order valence-electron chi connectivity index (χ3n) is 3.44. The first-order valence-electron chi connectivity index (χ1n) is 8.07. The fraction of sp³-hybridized carbons (Fsp3) is 1.00. The summed E-state index contributed by atoms with van der Waals surface area (Å²) in [6.45, 7) is 15.5. The lowest BCUT2D eigenvalue weighted by molar-refractivity contribution is 0.179. The Kier molecular flexibility index (Phi) is 11.1. The first kappa shape index (κ1) is 20.3. The maximum atomic E-state index is 6.00. The molecule has 0 aromatic rings. The highest BCUT2D eigenvalue weighted by Gasteiger charge is 2.37.